The van der Waals surface area contributed by atoms with E-state index >= 15 is 0 Å². The lowest BCUT2D eigenvalue weighted by Crippen LogP contribution is -2.37. The van der Waals surface area contributed by atoms with Crippen molar-refractivity contribution in [2.45, 2.75) is 19.9 Å². The van der Waals surface area contributed by atoms with Crippen molar-refractivity contribution in [1.82, 2.24) is 10.2 Å². The number of rotatable bonds is 8. The van der Waals surface area contributed by atoms with Gasteiger partial charge in [-0.25, -0.2) is 0 Å². The van der Waals surface area contributed by atoms with E-state index in [1.54, 1.807) is 0 Å². The second-order valence-electron chi connectivity index (χ2n) is 4.27. The van der Waals surface area contributed by atoms with Crippen LogP contribution in [0.1, 0.15) is 18.9 Å². The molecule has 4 heteroatoms. The molecule has 0 unspecified atom stereocenters. The molecule has 0 spiro atoms. The largest absolute Gasteiger partial charge is 0.351 e. The zero-order valence-electron chi connectivity index (χ0n) is 11.1. The molecule has 0 atom stereocenters. The number of carbonyl (C=O) groups excluding carboxylic acids is 1. The highest BCUT2D eigenvalue weighted by Gasteiger charge is 2.07. The second kappa shape index (κ2) is 8.66. The molecule has 0 saturated carbocycles. The Morgan fingerprint density at radius 3 is 2.67 bits per heavy atom. The van der Waals surface area contributed by atoms with Crippen LogP contribution in [-0.2, 0) is 11.3 Å². The molecular weight excluding hydrogens is 226 g/mol. The summed E-state index contributed by atoms with van der Waals surface area (Å²) < 4.78 is 0. The van der Waals surface area contributed by atoms with E-state index in [2.05, 4.69) is 17.1 Å². The monoisotopic (exact) mass is 249 g/mol. The molecule has 0 aliphatic heterocycles. The van der Waals surface area contributed by atoms with E-state index in [-0.39, 0.29) is 5.91 Å². The number of nitrogens with zero attached hydrogens (tertiary/aromatic N) is 1. The molecule has 18 heavy (non-hydrogen) atoms. The topological polar surface area (TPSA) is 58.4 Å². The Bertz CT molecular complexity index is 340. The van der Waals surface area contributed by atoms with E-state index in [1.807, 2.05) is 30.3 Å². The molecule has 1 aromatic carbocycles. The molecule has 100 valence electrons. The van der Waals surface area contributed by atoms with Crippen LogP contribution in [0.2, 0.25) is 0 Å². The summed E-state index contributed by atoms with van der Waals surface area (Å²) in [7, 11) is 0. The molecule has 1 amide bonds. The van der Waals surface area contributed by atoms with Crippen molar-refractivity contribution in [3.8, 4) is 0 Å². The van der Waals surface area contributed by atoms with Gasteiger partial charge in [-0.15, -0.1) is 0 Å². The van der Waals surface area contributed by atoms with Gasteiger partial charge in [0.05, 0.1) is 6.54 Å². The molecule has 0 fully saturated rings. The quantitative estimate of drug-likeness (QED) is 0.722. The molecule has 1 rings (SSSR count). The molecule has 1 aromatic rings. The molecule has 3 N–H and O–H groups in total. The Kier molecular flexibility index (Phi) is 7.06. The molecule has 0 aliphatic rings. The third-order valence-corrected chi connectivity index (χ3v) is 2.83. The molecule has 4 nitrogen and oxygen atoms in total. The minimum atomic E-state index is 0.0673. The average Bonchev–Trinajstić information content (AvgIpc) is 2.42. The van der Waals surface area contributed by atoms with Crippen LogP contribution in [0.25, 0.3) is 0 Å². The van der Waals surface area contributed by atoms with Crippen molar-refractivity contribution in [2.24, 2.45) is 5.73 Å². The average molecular weight is 249 g/mol. The normalized spacial score (nSPS) is 10.6. The number of hydrogen-bond donors (Lipinski definition) is 2. The third kappa shape index (κ3) is 5.80. The highest BCUT2D eigenvalue weighted by molar-refractivity contribution is 5.77. The molecular formula is C14H23N3O. The van der Waals surface area contributed by atoms with Gasteiger partial charge in [0.1, 0.15) is 0 Å². The Morgan fingerprint density at radius 2 is 2.06 bits per heavy atom. The Balaban J connectivity index is 2.28. The summed E-state index contributed by atoms with van der Waals surface area (Å²) in [6, 6.07) is 9.93. The standard InChI is InChI=1S/C14H23N3O/c1-2-17(10-6-9-15)12-14(18)16-11-13-7-4-3-5-8-13/h3-5,7-8H,2,6,9-12,15H2,1H3,(H,16,18). The van der Waals surface area contributed by atoms with Crippen molar-refractivity contribution in [3.63, 3.8) is 0 Å². The van der Waals surface area contributed by atoms with Gasteiger partial charge in [-0.05, 0) is 31.6 Å². The van der Waals surface area contributed by atoms with E-state index in [1.165, 1.54) is 0 Å². The number of likely N-dealkylation sites (N-methyl/N-ethyl adjacent to an activating group) is 1. The van der Waals surface area contributed by atoms with Gasteiger partial charge in [0, 0.05) is 6.54 Å². The number of benzene rings is 1. The first-order chi connectivity index (χ1) is 8.76. The van der Waals surface area contributed by atoms with Gasteiger partial charge in [-0.2, -0.15) is 0 Å². The summed E-state index contributed by atoms with van der Waals surface area (Å²) in [5.41, 5.74) is 6.59. The van der Waals surface area contributed by atoms with Gasteiger partial charge < -0.3 is 11.1 Å². The van der Waals surface area contributed by atoms with Gasteiger partial charge in [-0.3, -0.25) is 9.69 Å². The fourth-order valence-corrected chi connectivity index (χ4v) is 1.72. The molecule has 0 radical (unpaired) electrons. The van der Waals surface area contributed by atoms with Gasteiger partial charge in [0.2, 0.25) is 5.91 Å². The molecule has 0 heterocycles. The lowest BCUT2D eigenvalue weighted by molar-refractivity contribution is -0.122. The van der Waals surface area contributed by atoms with Crippen LogP contribution in [0.4, 0.5) is 0 Å². The SMILES string of the molecule is CCN(CCCN)CC(=O)NCc1ccccc1. The maximum atomic E-state index is 11.8. The Morgan fingerprint density at radius 1 is 1.33 bits per heavy atom. The maximum absolute atomic E-state index is 11.8. The summed E-state index contributed by atoms with van der Waals surface area (Å²) in [5.74, 6) is 0.0673. The predicted molar refractivity (Wildman–Crippen MR) is 74.1 cm³/mol. The molecule has 0 bridgehead atoms. The molecule has 0 aliphatic carbocycles. The number of amides is 1. The Hall–Kier alpha value is -1.39. The number of hydrogen-bond acceptors (Lipinski definition) is 3. The van der Waals surface area contributed by atoms with Crippen LogP contribution in [0.5, 0.6) is 0 Å². The highest BCUT2D eigenvalue weighted by Crippen LogP contribution is 1.97. The summed E-state index contributed by atoms with van der Waals surface area (Å²) in [6.07, 6.45) is 0.930. The lowest BCUT2D eigenvalue weighted by Gasteiger charge is -2.19. The zero-order chi connectivity index (χ0) is 13.2. The van der Waals surface area contributed by atoms with Gasteiger partial charge in [0.15, 0.2) is 0 Å². The summed E-state index contributed by atoms with van der Waals surface area (Å²) in [4.78, 5) is 13.9. The van der Waals surface area contributed by atoms with Crippen molar-refractivity contribution in [2.75, 3.05) is 26.2 Å². The van der Waals surface area contributed by atoms with Gasteiger partial charge >= 0.3 is 0 Å². The van der Waals surface area contributed by atoms with Crippen molar-refractivity contribution in [3.05, 3.63) is 35.9 Å². The van der Waals surface area contributed by atoms with E-state index in [0.717, 1.165) is 25.1 Å². The first kappa shape index (κ1) is 14.7. The fourth-order valence-electron chi connectivity index (χ4n) is 1.72. The Labute approximate surface area is 109 Å². The molecule has 0 aromatic heterocycles. The van der Waals surface area contributed by atoms with Crippen molar-refractivity contribution in [1.29, 1.82) is 0 Å². The fraction of sp³-hybridized carbons (Fsp3) is 0.500. The van der Waals surface area contributed by atoms with Crippen LogP contribution in [0, 0.1) is 0 Å². The summed E-state index contributed by atoms with van der Waals surface area (Å²) in [5, 5.41) is 2.93. The van der Waals surface area contributed by atoms with Gasteiger partial charge in [-0.1, -0.05) is 37.3 Å². The predicted octanol–water partition coefficient (Wildman–Crippen LogP) is 0.974. The number of carbonyl (C=O) groups is 1. The maximum Gasteiger partial charge on any atom is 0.234 e. The first-order valence-corrected chi connectivity index (χ1v) is 6.49. The van der Waals surface area contributed by atoms with Crippen LogP contribution in [0.15, 0.2) is 30.3 Å². The van der Waals surface area contributed by atoms with Crippen LogP contribution in [0.3, 0.4) is 0 Å². The van der Waals surface area contributed by atoms with E-state index in [9.17, 15) is 4.79 Å². The van der Waals surface area contributed by atoms with E-state index < -0.39 is 0 Å². The van der Waals surface area contributed by atoms with Crippen LogP contribution >= 0.6 is 0 Å². The highest BCUT2D eigenvalue weighted by atomic mass is 16.2. The van der Waals surface area contributed by atoms with Gasteiger partial charge in [0.25, 0.3) is 0 Å². The minimum Gasteiger partial charge on any atom is -0.351 e. The third-order valence-electron chi connectivity index (χ3n) is 2.83. The first-order valence-electron chi connectivity index (χ1n) is 6.49. The number of nitrogens with two attached hydrogens (primary N) is 1. The van der Waals surface area contributed by atoms with E-state index in [4.69, 9.17) is 5.73 Å². The second-order valence-corrected chi connectivity index (χ2v) is 4.27. The van der Waals surface area contributed by atoms with Crippen LogP contribution < -0.4 is 11.1 Å². The van der Waals surface area contributed by atoms with Crippen molar-refractivity contribution >= 4 is 5.91 Å². The summed E-state index contributed by atoms with van der Waals surface area (Å²) in [6.45, 7) is 5.52. The smallest absolute Gasteiger partial charge is 0.234 e. The minimum absolute atomic E-state index is 0.0673. The zero-order valence-corrected chi connectivity index (χ0v) is 11.1. The van der Waals surface area contributed by atoms with Crippen molar-refractivity contribution < 1.29 is 4.79 Å². The summed E-state index contributed by atoms with van der Waals surface area (Å²) >= 11 is 0. The molecule has 0 saturated heterocycles. The number of nitrogens with one attached hydrogen (secondary N) is 1. The van der Waals surface area contributed by atoms with E-state index in [0.29, 0.717) is 19.6 Å². The van der Waals surface area contributed by atoms with Crippen LogP contribution in [-0.4, -0.2) is 37.0 Å². The lowest BCUT2D eigenvalue weighted by atomic mass is 10.2.